The first-order chi connectivity index (χ1) is 10.8. The molecule has 0 spiro atoms. The third-order valence-corrected chi connectivity index (χ3v) is 5.05. The largest absolute Gasteiger partial charge is 0.347 e. The number of rotatable bonds is 4. The maximum Gasteiger partial charge on any atom is 0.287 e. The molecule has 0 bridgehead atoms. The second kappa shape index (κ2) is 6.92. The third-order valence-electron chi connectivity index (χ3n) is 4.17. The topological polar surface area (TPSA) is 46.5 Å². The summed E-state index contributed by atoms with van der Waals surface area (Å²) < 4.78 is 0. The van der Waals surface area contributed by atoms with Gasteiger partial charge in [-0.1, -0.05) is 6.07 Å². The lowest BCUT2D eigenvalue weighted by Crippen LogP contribution is -2.42. The molecule has 3 heterocycles. The van der Waals surface area contributed by atoms with Gasteiger partial charge < -0.3 is 5.32 Å². The average molecular weight is 316 g/mol. The van der Waals surface area contributed by atoms with Gasteiger partial charge in [0.05, 0.1) is 25.3 Å². The highest BCUT2D eigenvalue weighted by Gasteiger charge is 2.30. The summed E-state index contributed by atoms with van der Waals surface area (Å²) in [7, 11) is 0. The van der Waals surface area contributed by atoms with E-state index in [0.717, 1.165) is 17.9 Å². The number of piperidine rings is 1. The Morgan fingerprint density at radius 1 is 1.41 bits per heavy atom. The van der Waals surface area contributed by atoms with Gasteiger partial charge in [0.1, 0.15) is 5.56 Å². The van der Waals surface area contributed by atoms with Crippen LogP contribution in [0.5, 0.6) is 0 Å². The molecule has 3 rings (SSSR count). The summed E-state index contributed by atoms with van der Waals surface area (Å²) in [6.45, 7) is 3.82. The molecule has 1 amide bonds. The van der Waals surface area contributed by atoms with Gasteiger partial charge in [0.15, 0.2) is 0 Å². The number of nitrogens with one attached hydrogen (secondary N) is 2. The third kappa shape index (κ3) is 3.30. The molecule has 1 aliphatic heterocycles. The second-order valence-corrected chi connectivity index (χ2v) is 6.76. The molecule has 0 aromatic carbocycles. The fourth-order valence-electron chi connectivity index (χ4n) is 2.96. The van der Waals surface area contributed by atoms with Gasteiger partial charge in [-0.25, -0.2) is 4.98 Å². The van der Waals surface area contributed by atoms with Crippen LogP contribution in [0.1, 0.15) is 41.4 Å². The van der Waals surface area contributed by atoms with Crippen LogP contribution in [-0.2, 0) is 6.54 Å². The van der Waals surface area contributed by atoms with E-state index in [2.05, 4.69) is 22.1 Å². The van der Waals surface area contributed by atoms with Crippen molar-refractivity contribution in [2.24, 2.45) is 0 Å². The number of anilines is 1. The SMILES string of the molecule is C[C@@H]1CCCCN1c1[nH+]cccc1C(=O)NCc1cccs1. The molecule has 4 nitrogen and oxygen atoms in total. The number of carbonyl (C=O) groups excluding carboxylic acids is 1. The molecule has 0 saturated carbocycles. The quantitative estimate of drug-likeness (QED) is 0.943. The molecular formula is C17H22N3OS+. The highest BCUT2D eigenvalue weighted by atomic mass is 32.1. The summed E-state index contributed by atoms with van der Waals surface area (Å²) in [5, 5.41) is 5.05. The average Bonchev–Trinajstić information content (AvgIpc) is 3.06. The van der Waals surface area contributed by atoms with E-state index in [1.54, 1.807) is 11.3 Å². The van der Waals surface area contributed by atoms with Gasteiger partial charge >= 0.3 is 0 Å². The Hall–Kier alpha value is -1.88. The number of carbonyl (C=O) groups is 1. The molecule has 1 aliphatic rings. The summed E-state index contributed by atoms with van der Waals surface area (Å²) in [6, 6.07) is 8.30. The van der Waals surface area contributed by atoms with E-state index in [1.807, 2.05) is 35.8 Å². The molecule has 2 aromatic rings. The molecule has 116 valence electrons. The van der Waals surface area contributed by atoms with Crippen LogP contribution < -0.4 is 15.2 Å². The second-order valence-electron chi connectivity index (χ2n) is 5.73. The molecule has 5 heteroatoms. The standard InChI is InChI=1S/C17H21N3OS/c1-13-6-2-3-10-20(13)16-15(8-4-9-18-16)17(21)19-12-14-7-5-11-22-14/h4-5,7-9,11,13H,2-3,6,10,12H2,1H3,(H,19,21)/p+1/t13-/m1/s1. The number of thiophene rings is 1. The van der Waals surface area contributed by atoms with Crippen LogP contribution in [0.2, 0.25) is 0 Å². The van der Waals surface area contributed by atoms with E-state index < -0.39 is 0 Å². The minimum Gasteiger partial charge on any atom is -0.347 e. The van der Waals surface area contributed by atoms with Crippen LogP contribution >= 0.6 is 11.3 Å². The minimum atomic E-state index is -0.0157. The number of H-pyrrole nitrogens is 1. The van der Waals surface area contributed by atoms with Crippen molar-refractivity contribution < 1.29 is 9.78 Å². The van der Waals surface area contributed by atoms with Crippen molar-refractivity contribution in [3.05, 3.63) is 46.3 Å². The lowest BCUT2D eigenvalue weighted by atomic mass is 10.0. The Kier molecular flexibility index (Phi) is 4.73. The Bertz CT molecular complexity index is 627. The molecular weight excluding hydrogens is 294 g/mol. The summed E-state index contributed by atoms with van der Waals surface area (Å²) in [5.41, 5.74) is 0.729. The molecule has 2 aromatic heterocycles. The van der Waals surface area contributed by atoms with E-state index in [4.69, 9.17) is 0 Å². The van der Waals surface area contributed by atoms with E-state index in [-0.39, 0.29) is 5.91 Å². The van der Waals surface area contributed by atoms with Gasteiger partial charge in [-0.15, -0.1) is 11.3 Å². The van der Waals surface area contributed by atoms with Crippen molar-refractivity contribution in [3.8, 4) is 0 Å². The Morgan fingerprint density at radius 3 is 3.09 bits per heavy atom. The predicted molar refractivity (Wildman–Crippen MR) is 89.1 cm³/mol. The monoisotopic (exact) mass is 316 g/mol. The van der Waals surface area contributed by atoms with E-state index >= 15 is 0 Å². The number of amides is 1. The minimum absolute atomic E-state index is 0.0157. The first kappa shape index (κ1) is 15.0. The van der Waals surface area contributed by atoms with Gasteiger partial charge in [-0.2, -0.15) is 0 Å². The van der Waals surface area contributed by atoms with Gasteiger partial charge in [0, 0.05) is 4.88 Å². The van der Waals surface area contributed by atoms with Crippen molar-refractivity contribution >= 4 is 23.1 Å². The van der Waals surface area contributed by atoms with Crippen molar-refractivity contribution in [3.63, 3.8) is 0 Å². The lowest BCUT2D eigenvalue weighted by Gasteiger charge is -2.28. The van der Waals surface area contributed by atoms with Crippen LogP contribution in [0.3, 0.4) is 0 Å². The first-order valence-electron chi connectivity index (χ1n) is 7.83. The van der Waals surface area contributed by atoms with Crippen molar-refractivity contribution in [2.75, 3.05) is 11.4 Å². The zero-order valence-corrected chi connectivity index (χ0v) is 13.7. The van der Waals surface area contributed by atoms with Gasteiger partial charge in [-0.05, 0) is 49.8 Å². The zero-order chi connectivity index (χ0) is 15.4. The number of nitrogens with zero attached hydrogens (tertiary/aromatic N) is 1. The molecule has 0 radical (unpaired) electrons. The van der Waals surface area contributed by atoms with Gasteiger partial charge in [0.25, 0.3) is 11.7 Å². The normalized spacial score (nSPS) is 18.2. The molecule has 1 fully saturated rings. The van der Waals surface area contributed by atoms with Gasteiger partial charge in [-0.3, -0.25) is 9.69 Å². The smallest absolute Gasteiger partial charge is 0.287 e. The molecule has 1 atom stereocenters. The van der Waals surface area contributed by atoms with Crippen LogP contribution in [-0.4, -0.2) is 18.5 Å². The van der Waals surface area contributed by atoms with E-state index in [9.17, 15) is 4.79 Å². The molecule has 2 N–H and O–H groups in total. The number of aromatic nitrogens is 1. The van der Waals surface area contributed by atoms with Crippen LogP contribution in [0, 0.1) is 0 Å². The zero-order valence-electron chi connectivity index (χ0n) is 12.8. The highest BCUT2D eigenvalue weighted by Crippen LogP contribution is 2.24. The van der Waals surface area contributed by atoms with Crippen LogP contribution in [0.25, 0.3) is 0 Å². The van der Waals surface area contributed by atoms with Crippen molar-refractivity contribution in [2.45, 2.75) is 38.8 Å². The fraction of sp³-hybridized carbons (Fsp3) is 0.412. The Labute approximate surface area is 135 Å². The van der Waals surface area contributed by atoms with Crippen LogP contribution in [0.4, 0.5) is 5.82 Å². The van der Waals surface area contributed by atoms with Crippen LogP contribution in [0.15, 0.2) is 35.8 Å². The maximum absolute atomic E-state index is 12.6. The van der Waals surface area contributed by atoms with Gasteiger partial charge in [0.2, 0.25) is 0 Å². The first-order valence-corrected chi connectivity index (χ1v) is 8.71. The Balaban J connectivity index is 1.76. The summed E-state index contributed by atoms with van der Waals surface area (Å²) in [5.74, 6) is 0.927. The molecule has 0 aliphatic carbocycles. The fourth-order valence-corrected chi connectivity index (χ4v) is 3.60. The number of aromatic amines is 1. The predicted octanol–water partition coefficient (Wildman–Crippen LogP) is 2.87. The summed E-state index contributed by atoms with van der Waals surface area (Å²) >= 11 is 1.66. The summed E-state index contributed by atoms with van der Waals surface area (Å²) in [6.07, 6.45) is 5.53. The van der Waals surface area contributed by atoms with Crippen molar-refractivity contribution in [1.29, 1.82) is 0 Å². The van der Waals surface area contributed by atoms with Crippen molar-refractivity contribution in [1.82, 2.24) is 5.32 Å². The number of hydrogen-bond acceptors (Lipinski definition) is 3. The van der Waals surface area contributed by atoms with E-state index in [0.29, 0.717) is 12.6 Å². The molecule has 0 unspecified atom stereocenters. The van der Waals surface area contributed by atoms with E-state index in [1.165, 1.54) is 24.1 Å². The Morgan fingerprint density at radius 2 is 2.32 bits per heavy atom. The number of pyridine rings is 1. The molecule has 1 saturated heterocycles. The molecule has 22 heavy (non-hydrogen) atoms. The summed E-state index contributed by atoms with van der Waals surface area (Å²) in [4.78, 5) is 19.3. The number of hydrogen-bond donors (Lipinski definition) is 1. The lowest BCUT2D eigenvalue weighted by molar-refractivity contribution is -0.364. The highest BCUT2D eigenvalue weighted by molar-refractivity contribution is 7.09. The maximum atomic E-state index is 12.6.